The maximum Gasteiger partial charge on any atom is 0.335 e. The summed E-state index contributed by atoms with van der Waals surface area (Å²) in [6.45, 7) is 7.07. The zero-order valence-corrected chi connectivity index (χ0v) is 20.8. The average Bonchev–Trinajstić information content (AvgIpc) is 2.87. The van der Waals surface area contributed by atoms with Gasteiger partial charge in [-0.2, -0.15) is 5.26 Å². The highest BCUT2D eigenvalue weighted by Gasteiger charge is 2.20. The molecule has 7 heteroatoms. The van der Waals surface area contributed by atoms with Gasteiger partial charge < -0.3 is 25.0 Å². The molecule has 0 aliphatic carbocycles. The third-order valence-electron chi connectivity index (χ3n) is 5.70. The minimum atomic E-state index is -0.990. The monoisotopic (exact) mass is 488 g/mol. The van der Waals surface area contributed by atoms with Gasteiger partial charge in [-0.3, -0.25) is 0 Å². The molecule has 1 atom stereocenters. The quantitative estimate of drug-likeness (QED) is 0.340. The van der Waals surface area contributed by atoms with Crippen molar-refractivity contribution in [1.82, 2.24) is 5.32 Å². The number of nitrogens with zero attached hydrogens (tertiary/aromatic N) is 1. The first kappa shape index (κ1) is 26.7. The number of nitriles is 1. The highest BCUT2D eigenvalue weighted by molar-refractivity contribution is 5.88. The summed E-state index contributed by atoms with van der Waals surface area (Å²) in [5.41, 5.74) is 3.04. The second kappa shape index (κ2) is 12.2. The smallest absolute Gasteiger partial charge is 0.335 e. The average molecular weight is 489 g/mol. The van der Waals surface area contributed by atoms with Crippen LogP contribution in [0.2, 0.25) is 0 Å². The van der Waals surface area contributed by atoms with Gasteiger partial charge in [-0.15, -0.1) is 0 Å². The van der Waals surface area contributed by atoms with E-state index in [9.17, 15) is 15.2 Å². The van der Waals surface area contributed by atoms with Crippen molar-refractivity contribution in [3.05, 3.63) is 83.4 Å². The zero-order valence-electron chi connectivity index (χ0n) is 20.8. The number of nitrogens with one attached hydrogen (secondary N) is 1. The molecule has 0 aliphatic heterocycles. The number of carboxylic acid groups (broad SMARTS) is 1. The Hall–Kier alpha value is -3.86. The predicted octanol–water partition coefficient (Wildman–Crippen LogP) is 4.67. The fourth-order valence-corrected chi connectivity index (χ4v) is 3.80. The highest BCUT2D eigenvalue weighted by atomic mass is 16.5. The molecule has 0 aromatic heterocycles. The van der Waals surface area contributed by atoms with Crippen molar-refractivity contribution in [3.63, 3.8) is 0 Å². The van der Waals surface area contributed by atoms with Gasteiger partial charge in [0.2, 0.25) is 0 Å². The van der Waals surface area contributed by atoms with Crippen LogP contribution in [-0.4, -0.2) is 47.6 Å². The van der Waals surface area contributed by atoms with Crippen LogP contribution in [0.25, 0.3) is 11.1 Å². The molecule has 0 amide bonds. The number of carboxylic acids is 1. The third kappa shape index (κ3) is 7.57. The van der Waals surface area contributed by atoms with Crippen molar-refractivity contribution in [3.8, 4) is 28.7 Å². The summed E-state index contributed by atoms with van der Waals surface area (Å²) < 4.78 is 11.3. The second-order valence-corrected chi connectivity index (χ2v) is 9.19. The van der Waals surface area contributed by atoms with Gasteiger partial charge in [-0.05, 0) is 80.3 Å². The van der Waals surface area contributed by atoms with Crippen LogP contribution >= 0.6 is 0 Å². The Labute approximate surface area is 211 Å². The summed E-state index contributed by atoms with van der Waals surface area (Å²) in [6, 6.07) is 21.7. The van der Waals surface area contributed by atoms with Gasteiger partial charge in [-0.25, -0.2) is 4.79 Å². The van der Waals surface area contributed by atoms with Gasteiger partial charge in [0.1, 0.15) is 30.3 Å². The summed E-state index contributed by atoms with van der Waals surface area (Å²) in [5.74, 6) is 0.221. The Kier molecular flexibility index (Phi) is 9.07. The van der Waals surface area contributed by atoms with Gasteiger partial charge in [0.25, 0.3) is 0 Å². The molecule has 0 saturated carbocycles. The molecule has 3 aromatic carbocycles. The number of aliphatic hydroxyl groups is 1. The van der Waals surface area contributed by atoms with Crippen molar-refractivity contribution in [2.24, 2.45) is 0 Å². The van der Waals surface area contributed by atoms with Crippen LogP contribution in [-0.2, 0) is 6.42 Å². The number of carbonyl (C=O) groups is 1. The molecule has 3 N–H and O–H groups in total. The number of hydrogen-bond donors (Lipinski definition) is 3. The largest absolute Gasteiger partial charge is 0.494 e. The van der Waals surface area contributed by atoms with Crippen LogP contribution in [0.3, 0.4) is 0 Å². The molecule has 0 heterocycles. The van der Waals surface area contributed by atoms with Crippen molar-refractivity contribution < 1.29 is 24.5 Å². The van der Waals surface area contributed by atoms with E-state index in [1.165, 1.54) is 12.1 Å². The summed E-state index contributed by atoms with van der Waals surface area (Å²) in [6.07, 6.45) is -0.0106. The van der Waals surface area contributed by atoms with E-state index in [4.69, 9.17) is 14.6 Å². The van der Waals surface area contributed by atoms with Crippen molar-refractivity contribution in [2.45, 2.75) is 38.8 Å². The Balaban J connectivity index is 1.57. The van der Waals surface area contributed by atoms with Crippen molar-refractivity contribution in [1.29, 1.82) is 5.26 Å². The van der Waals surface area contributed by atoms with Crippen molar-refractivity contribution >= 4 is 5.97 Å². The van der Waals surface area contributed by atoms with Crippen molar-refractivity contribution in [2.75, 3.05) is 19.8 Å². The molecule has 0 spiro atoms. The molecular formula is C29H32N2O5. The first-order chi connectivity index (χ1) is 17.2. The van der Waals surface area contributed by atoms with E-state index in [2.05, 4.69) is 25.2 Å². The first-order valence-corrected chi connectivity index (χ1v) is 11.9. The first-order valence-electron chi connectivity index (χ1n) is 11.9. The molecule has 3 rings (SSSR count). The fraction of sp³-hybridized carbons (Fsp3) is 0.310. The van der Waals surface area contributed by atoms with E-state index in [0.717, 1.165) is 28.9 Å². The topological polar surface area (TPSA) is 112 Å². The Morgan fingerprint density at radius 3 is 2.31 bits per heavy atom. The molecule has 0 radical (unpaired) electrons. The lowest BCUT2D eigenvalue weighted by Crippen LogP contribution is -2.46. The van der Waals surface area contributed by atoms with E-state index >= 15 is 0 Å². The SMILES string of the molecule is CCOc1ccc(CC(C)(C)NC[C@H](O)COc2cc(-c3ccc(C(=O)O)cc3)ccc2C#N)cc1. The van der Waals surface area contributed by atoms with E-state index < -0.39 is 12.1 Å². The van der Waals surface area contributed by atoms with Gasteiger partial charge >= 0.3 is 5.97 Å². The second-order valence-electron chi connectivity index (χ2n) is 9.19. The number of ether oxygens (including phenoxy) is 2. The number of aliphatic hydroxyl groups excluding tert-OH is 1. The van der Waals surface area contributed by atoms with Crippen LogP contribution in [0.15, 0.2) is 66.7 Å². The van der Waals surface area contributed by atoms with E-state index in [1.54, 1.807) is 30.3 Å². The van der Waals surface area contributed by atoms with E-state index in [0.29, 0.717) is 24.5 Å². The molecule has 0 saturated heterocycles. The Morgan fingerprint density at radius 2 is 1.69 bits per heavy atom. The summed E-state index contributed by atoms with van der Waals surface area (Å²) >= 11 is 0. The summed E-state index contributed by atoms with van der Waals surface area (Å²) in [7, 11) is 0. The minimum absolute atomic E-state index is 0.0161. The number of β-amino-alcohol motifs (C(OH)–C–C–N with tert-alkyl or cyclic N) is 1. The van der Waals surface area contributed by atoms with Gasteiger partial charge in [0.15, 0.2) is 0 Å². The Morgan fingerprint density at radius 1 is 1.03 bits per heavy atom. The van der Waals surface area contributed by atoms with E-state index in [1.807, 2.05) is 31.2 Å². The molecule has 7 nitrogen and oxygen atoms in total. The lowest BCUT2D eigenvalue weighted by molar-refractivity contribution is 0.0697. The number of aromatic carboxylic acids is 1. The summed E-state index contributed by atoms with van der Waals surface area (Å²) in [5, 5.41) is 32.5. The molecule has 3 aromatic rings. The molecule has 0 unspecified atom stereocenters. The maximum absolute atomic E-state index is 11.1. The Bertz CT molecular complexity index is 1200. The lowest BCUT2D eigenvalue weighted by atomic mass is 9.94. The molecule has 0 aliphatic rings. The molecular weight excluding hydrogens is 456 g/mol. The van der Waals surface area contributed by atoms with Crippen LogP contribution < -0.4 is 14.8 Å². The van der Waals surface area contributed by atoms with Gasteiger partial charge in [0.05, 0.1) is 17.7 Å². The zero-order chi connectivity index (χ0) is 26.1. The maximum atomic E-state index is 11.1. The molecule has 0 bridgehead atoms. The van der Waals surface area contributed by atoms with E-state index in [-0.39, 0.29) is 17.7 Å². The molecule has 188 valence electrons. The predicted molar refractivity (Wildman–Crippen MR) is 138 cm³/mol. The fourth-order valence-electron chi connectivity index (χ4n) is 3.80. The molecule has 0 fully saturated rings. The third-order valence-corrected chi connectivity index (χ3v) is 5.70. The van der Waals surface area contributed by atoms with Gasteiger partial charge in [0, 0.05) is 12.1 Å². The number of rotatable bonds is 12. The highest BCUT2D eigenvalue weighted by Crippen LogP contribution is 2.27. The van der Waals surface area contributed by atoms with Crippen LogP contribution in [0.4, 0.5) is 0 Å². The van der Waals surface area contributed by atoms with Gasteiger partial charge in [-0.1, -0.05) is 30.3 Å². The number of benzene rings is 3. The van der Waals surface area contributed by atoms with Crippen LogP contribution in [0.1, 0.15) is 42.3 Å². The lowest BCUT2D eigenvalue weighted by Gasteiger charge is -2.28. The minimum Gasteiger partial charge on any atom is -0.494 e. The van der Waals surface area contributed by atoms with Crippen LogP contribution in [0, 0.1) is 11.3 Å². The number of hydrogen-bond acceptors (Lipinski definition) is 6. The van der Waals surface area contributed by atoms with Crippen LogP contribution in [0.5, 0.6) is 11.5 Å². The normalized spacial score (nSPS) is 12.0. The molecule has 36 heavy (non-hydrogen) atoms. The standard InChI is InChI=1S/C29H32N2O5/c1-4-35-26-13-5-20(6-14-26)16-29(2,3)31-18-25(32)19-36-27-15-23(11-12-24(27)17-30)21-7-9-22(10-8-21)28(33)34/h5-15,25,31-32H,4,16,18-19H2,1-3H3,(H,33,34)/t25-/m0/s1. The summed E-state index contributed by atoms with van der Waals surface area (Å²) in [4.78, 5) is 11.1.